The van der Waals surface area contributed by atoms with Crippen molar-refractivity contribution in [3.63, 3.8) is 0 Å². The second kappa shape index (κ2) is 9.73. The van der Waals surface area contributed by atoms with Crippen LogP contribution < -0.4 is 20.1 Å². The number of fused-ring (bicyclic) bond motifs is 1. The van der Waals surface area contributed by atoms with Crippen LogP contribution in [-0.2, 0) is 26.3 Å². The van der Waals surface area contributed by atoms with Gasteiger partial charge in [-0.2, -0.15) is 5.10 Å². The molecular weight excluding hydrogens is 390 g/mol. The average Bonchev–Trinajstić information content (AvgIpc) is 3.14. The topological polar surface area (TPSA) is 73.2 Å². The van der Waals surface area contributed by atoms with Gasteiger partial charge in [-0.15, -0.1) is 0 Å². The van der Waals surface area contributed by atoms with Crippen molar-refractivity contribution in [2.75, 3.05) is 36.9 Å². The van der Waals surface area contributed by atoms with Crippen LogP contribution in [0, 0.1) is 6.92 Å². The van der Waals surface area contributed by atoms with E-state index in [9.17, 15) is 0 Å². The molecule has 0 radical (unpaired) electrons. The lowest BCUT2D eigenvalue weighted by molar-refractivity contribution is 0.293. The van der Waals surface area contributed by atoms with Crippen molar-refractivity contribution >= 4 is 11.5 Å². The first kappa shape index (κ1) is 21.0. The molecule has 0 saturated carbocycles. The SMILES string of the molecule is CCOc1cc(CCc2cc(OCCc3ccc4c(n3)NCCN4)n(C)n2)ccc1C. The fourth-order valence-electron chi connectivity index (χ4n) is 3.70. The number of benzene rings is 1. The van der Waals surface area contributed by atoms with E-state index in [1.54, 1.807) is 0 Å². The lowest BCUT2D eigenvalue weighted by Gasteiger charge is -2.19. The zero-order valence-electron chi connectivity index (χ0n) is 18.6. The minimum Gasteiger partial charge on any atom is -0.494 e. The molecule has 0 aliphatic carbocycles. The molecule has 0 saturated heterocycles. The Labute approximate surface area is 183 Å². The van der Waals surface area contributed by atoms with Gasteiger partial charge in [0.2, 0.25) is 5.88 Å². The van der Waals surface area contributed by atoms with Gasteiger partial charge in [-0.05, 0) is 56.0 Å². The molecule has 4 rings (SSSR count). The van der Waals surface area contributed by atoms with Crippen molar-refractivity contribution in [1.82, 2.24) is 14.8 Å². The van der Waals surface area contributed by atoms with Crippen molar-refractivity contribution in [3.8, 4) is 11.6 Å². The zero-order valence-corrected chi connectivity index (χ0v) is 18.6. The van der Waals surface area contributed by atoms with E-state index in [-0.39, 0.29) is 0 Å². The molecule has 1 aliphatic rings. The summed E-state index contributed by atoms with van der Waals surface area (Å²) >= 11 is 0. The summed E-state index contributed by atoms with van der Waals surface area (Å²) in [6, 6.07) is 12.6. The van der Waals surface area contributed by atoms with Gasteiger partial charge in [-0.1, -0.05) is 12.1 Å². The van der Waals surface area contributed by atoms with Crippen molar-refractivity contribution < 1.29 is 9.47 Å². The van der Waals surface area contributed by atoms with Gasteiger partial charge < -0.3 is 20.1 Å². The van der Waals surface area contributed by atoms with Crippen molar-refractivity contribution in [3.05, 3.63) is 58.9 Å². The average molecular weight is 422 g/mol. The molecule has 164 valence electrons. The highest BCUT2D eigenvalue weighted by atomic mass is 16.5. The molecule has 2 N–H and O–H groups in total. The van der Waals surface area contributed by atoms with Crippen molar-refractivity contribution in [2.45, 2.75) is 33.1 Å². The fraction of sp³-hybridized carbons (Fsp3) is 0.417. The molecule has 1 aromatic carbocycles. The zero-order chi connectivity index (χ0) is 21.6. The number of ether oxygens (including phenoxy) is 2. The Kier molecular flexibility index (Phi) is 6.60. The maximum Gasteiger partial charge on any atom is 0.211 e. The number of nitrogens with zero attached hydrogens (tertiary/aromatic N) is 3. The molecule has 31 heavy (non-hydrogen) atoms. The number of aryl methyl sites for hydroxylation is 4. The molecule has 7 heteroatoms. The first-order chi connectivity index (χ1) is 15.1. The Bertz CT molecular complexity index is 1030. The molecule has 0 amide bonds. The molecule has 0 fully saturated rings. The molecule has 1 aliphatic heterocycles. The highest BCUT2D eigenvalue weighted by Gasteiger charge is 2.11. The van der Waals surface area contributed by atoms with Crippen LogP contribution in [-0.4, -0.2) is 41.1 Å². The van der Waals surface area contributed by atoms with Gasteiger partial charge in [0.05, 0.1) is 24.6 Å². The van der Waals surface area contributed by atoms with E-state index in [2.05, 4.69) is 58.0 Å². The van der Waals surface area contributed by atoms with Crippen LogP contribution in [0.2, 0.25) is 0 Å². The Morgan fingerprint density at radius 3 is 2.71 bits per heavy atom. The first-order valence-corrected chi connectivity index (χ1v) is 11.0. The molecule has 0 spiro atoms. The quantitative estimate of drug-likeness (QED) is 0.548. The predicted molar refractivity (Wildman–Crippen MR) is 123 cm³/mol. The van der Waals surface area contributed by atoms with Gasteiger partial charge in [0.15, 0.2) is 0 Å². The van der Waals surface area contributed by atoms with E-state index in [1.165, 1.54) is 11.1 Å². The summed E-state index contributed by atoms with van der Waals surface area (Å²) in [5.74, 6) is 2.67. The predicted octanol–water partition coefficient (Wildman–Crippen LogP) is 3.77. The van der Waals surface area contributed by atoms with Crippen LogP contribution in [0.5, 0.6) is 11.6 Å². The molecule has 3 aromatic rings. The van der Waals surface area contributed by atoms with E-state index in [0.717, 1.165) is 66.9 Å². The Hall–Kier alpha value is -3.22. The lowest BCUT2D eigenvalue weighted by Crippen LogP contribution is -2.21. The van der Waals surface area contributed by atoms with Crippen LogP contribution in [0.3, 0.4) is 0 Å². The van der Waals surface area contributed by atoms with Gasteiger partial charge in [-0.3, -0.25) is 0 Å². The van der Waals surface area contributed by atoms with Crippen LogP contribution in [0.15, 0.2) is 36.4 Å². The lowest BCUT2D eigenvalue weighted by atomic mass is 10.1. The maximum absolute atomic E-state index is 5.99. The minimum absolute atomic E-state index is 0.563. The molecule has 0 unspecified atom stereocenters. The molecule has 7 nitrogen and oxygen atoms in total. The minimum atomic E-state index is 0.563. The van der Waals surface area contributed by atoms with E-state index in [1.807, 2.05) is 24.7 Å². The molecular formula is C24H31N5O2. The van der Waals surface area contributed by atoms with E-state index in [0.29, 0.717) is 13.2 Å². The van der Waals surface area contributed by atoms with Gasteiger partial charge in [-0.25, -0.2) is 9.67 Å². The maximum atomic E-state index is 5.99. The third-order valence-electron chi connectivity index (χ3n) is 5.40. The number of pyridine rings is 1. The van der Waals surface area contributed by atoms with E-state index < -0.39 is 0 Å². The van der Waals surface area contributed by atoms with E-state index in [4.69, 9.17) is 9.47 Å². The normalized spacial score (nSPS) is 12.6. The highest BCUT2D eigenvalue weighted by Crippen LogP contribution is 2.23. The van der Waals surface area contributed by atoms with Gasteiger partial charge in [0.25, 0.3) is 0 Å². The largest absolute Gasteiger partial charge is 0.494 e. The fourth-order valence-corrected chi connectivity index (χ4v) is 3.70. The standard InChI is InChI=1S/C24H31N5O2/c1-4-30-22-15-18(6-5-17(22)2)7-8-20-16-23(29(3)28-20)31-14-11-19-9-10-21-24(27-19)26-13-12-25-21/h5-6,9-10,15-16,25H,4,7-8,11-14H2,1-3H3,(H,26,27). The van der Waals surface area contributed by atoms with Crippen molar-refractivity contribution in [1.29, 1.82) is 0 Å². The summed E-state index contributed by atoms with van der Waals surface area (Å²) in [6.07, 6.45) is 2.52. The summed E-state index contributed by atoms with van der Waals surface area (Å²) < 4.78 is 13.5. The number of rotatable bonds is 9. The summed E-state index contributed by atoms with van der Waals surface area (Å²) in [6.45, 7) is 7.15. The molecule has 2 aromatic heterocycles. The van der Waals surface area contributed by atoms with Gasteiger partial charge in [0.1, 0.15) is 11.6 Å². The second-order valence-corrected chi connectivity index (χ2v) is 7.78. The third kappa shape index (κ3) is 5.29. The summed E-state index contributed by atoms with van der Waals surface area (Å²) in [4.78, 5) is 4.68. The summed E-state index contributed by atoms with van der Waals surface area (Å²) in [5, 5.41) is 11.3. The van der Waals surface area contributed by atoms with Crippen LogP contribution in [0.25, 0.3) is 0 Å². The Balaban J connectivity index is 1.30. The monoisotopic (exact) mass is 421 g/mol. The van der Waals surface area contributed by atoms with Crippen LogP contribution >= 0.6 is 0 Å². The third-order valence-corrected chi connectivity index (χ3v) is 5.40. The number of nitrogens with one attached hydrogen (secondary N) is 2. The Morgan fingerprint density at radius 1 is 0.968 bits per heavy atom. The molecule has 3 heterocycles. The Morgan fingerprint density at radius 2 is 1.84 bits per heavy atom. The second-order valence-electron chi connectivity index (χ2n) is 7.78. The van der Waals surface area contributed by atoms with E-state index >= 15 is 0 Å². The number of aromatic nitrogens is 3. The summed E-state index contributed by atoms with van der Waals surface area (Å²) in [5.41, 5.74) is 5.53. The van der Waals surface area contributed by atoms with Gasteiger partial charge >= 0.3 is 0 Å². The molecule has 0 bridgehead atoms. The van der Waals surface area contributed by atoms with Crippen LogP contribution in [0.4, 0.5) is 11.5 Å². The summed E-state index contributed by atoms with van der Waals surface area (Å²) in [7, 11) is 1.92. The highest BCUT2D eigenvalue weighted by molar-refractivity contribution is 5.66. The first-order valence-electron chi connectivity index (χ1n) is 11.0. The smallest absolute Gasteiger partial charge is 0.211 e. The number of hydrogen-bond acceptors (Lipinski definition) is 6. The van der Waals surface area contributed by atoms with Crippen LogP contribution in [0.1, 0.15) is 29.4 Å². The number of hydrogen-bond donors (Lipinski definition) is 2. The van der Waals surface area contributed by atoms with Gasteiger partial charge in [0, 0.05) is 38.3 Å². The molecule has 0 atom stereocenters. The number of anilines is 2. The van der Waals surface area contributed by atoms with Crippen molar-refractivity contribution in [2.24, 2.45) is 7.05 Å².